The van der Waals surface area contributed by atoms with E-state index in [0.717, 1.165) is 11.1 Å². The van der Waals surface area contributed by atoms with Crippen LogP contribution in [0, 0.1) is 5.82 Å². The Hall–Kier alpha value is -2.36. The fourth-order valence-electron chi connectivity index (χ4n) is 1.76. The van der Waals surface area contributed by atoms with E-state index in [9.17, 15) is 4.39 Å². The van der Waals surface area contributed by atoms with Gasteiger partial charge >= 0.3 is 0 Å². The lowest BCUT2D eigenvalue weighted by atomic mass is 10.2. The van der Waals surface area contributed by atoms with E-state index in [2.05, 4.69) is 9.97 Å². The fraction of sp³-hybridized carbons (Fsp3) is 0. The average Bonchev–Trinajstić information content (AvgIpc) is 2.72. The maximum absolute atomic E-state index is 13.0. The molecular formula is C13H10FN3. The highest BCUT2D eigenvalue weighted by Crippen LogP contribution is 2.21. The lowest BCUT2D eigenvalue weighted by Crippen LogP contribution is -1.84. The van der Waals surface area contributed by atoms with Gasteiger partial charge in [0.25, 0.3) is 0 Å². The van der Waals surface area contributed by atoms with Crippen molar-refractivity contribution in [2.24, 2.45) is 0 Å². The topological polar surface area (TPSA) is 54.7 Å². The number of anilines is 1. The zero-order chi connectivity index (χ0) is 11.8. The first kappa shape index (κ1) is 9.84. The molecule has 0 unspecified atom stereocenters. The maximum atomic E-state index is 13.0. The Balaban J connectivity index is 2.14. The first-order valence-electron chi connectivity index (χ1n) is 5.23. The molecule has 0 atom stereocenters. The van der Waals surface area contributed by atoms with E-state index in [4.69, 9.17) is 5.73 Å². The summed E-state index contributed by atoms with van der Waals surface area (Å²) in [4.78, 5) is 7.47. The zero-order valence-electron chi connectivity index (χ0n) is 8.94. The van der Waals surface area contributed by atoms with Gasteiger partial charge in [0.05, 0.1) is 11.0 Å². The van der Waals surface area contributed by atoms with E-state index in [1.807, 2.05) is 24.3 Å². The van der Waals surface area contributed by atoms with Crippen molar-refractivity contribution in [3.05, 3.63) is 48.3 Å². The van der Waals surface area contributed by atoms with Crippen LogP contribution >= 0.6 is 0 Å². The van der Waals surface area contributed by atoms with Gasteiger partial charge < -0.3 is 10.7 Å². The van der Waals surface area contributed by atoms with Gasteiger partial charge in [0.15, 0.2) is 0 Å². The highest BCUT2D eigenvalue weighted by molar-refractivity contribution is 5.79. The van der Waals surface area contributed by atoms with Crippen molar-refractivity contribution in [2.75, 3.05) is 5.73 Å². The minimum absolute atomic E-state index is 0.273. The average molecular weight is 227 g/mol. The zero-order valence-corrected chi connectivity index (χ0v) is 8.94. The molecule has 0 aliphatic rings. The Morgan fingerprint density at radius 2 is 1.82 bits per heavy atom. The molecule has 3 N–H and O–H groups in total. The number of benzene rings is 2. The lowest BCUT2D eigenvalue weighted by Gasteiger charge is -1.96. The molecule has 17 heavy (non-hydrogen) atoms. The number of nitrogens with one attached hydrogen (secondary N) is 1. The largest absolute Gasteiger partial charge is 0.399 e. The number of aromatic nitrogens is 2. The number of halogens is 1. The third kappa shape index (κ3) is 1.73. The van der Waals surface area contributed by atoms with Gasteiger partial charge in [0.2, 0.25) is 0 Å². The van der Waals surface area contributed by atoms with E-state index < -0.39 is 0 Å². The summed E-state index contributed by atoms with van der Waals surface area (Å²) in [7, 11) is 0. The number of H-pyrrole nitrogens is 1. The number of nitrogens with two attached hydrogens (primary N) is 1. The molecular weight excluding hydrogens is 217 g/mol. The van der Waals surface area contributed by atoms with Crippen molar-refractivity contribution < 1.29 is 4.39 Å². The van der Waals surface area contributed by atoms with Crippen LogP contribution < -0.4 is 5.73 Å². The van der Waals surface area contributed by atoms with Crippen molar-refractivity contribution in [3.63, 3.8) is 0 Å². The standard InChI is InChI=1S/C13H10FN3/c14-9-3-6-11-12(7-9)17-13(16-11)8-1-4-10(15)5-2-8/h1-7H,15H2,(H,16,17). The molecule has 0 bridgehead atoms. The van der Waals surface area contributed by atoms with Crippen molar-refractivity contribution in [1.29, 1.82) is 0 Å². The van der Waals surface area contributed by atoms with Crippen LogP contribution in [0.25, 0.3) is 22.4 Å². The molecule has 0 saturated heterocycles. The van der Waals surface area contributed by atoms with Gasteiger partial charge in [-0.1, -0.05) is 0 Å². The molecule has 3 rings (SSSR count). The third-order valence-electron chi connectivity index (χ3n) is 2.63. The highest BCUT2D eigenvalue weighted by atomic mass is 19.1. The van der Waals surface area contributed by atoms with Gasteiger partial charge in [0, 0.05) is 11.3 Å². The second kappa shape index (κ2) is 3.59. The smallest absolute Gasteiger partial charge is 0.138 e. The molecule has 1 heterocycles. The Kier molecular flexibility index (Phi) is 2.08. The molecule has 2 aromatic carbocycles. The van der Waals surface area contributed by atoms with Crippen LogP contribution in [0.1, 0.15) is 0 Å². The summed E-state index contributed by atoms with van der Waals surface area (Å²) in [5.41, 5.74) is 8.69. The lowest BCUT2D eigenvalue weighted by molar-refractivity contribution is 0.629. The predicted octanol–water partition coefficient (Wildman–Crippen LogP) is 2.95. The van der Waals surface area contributed by atoms with Crippen LogP contribution in [-0.4, -0.2) is 9.97 Å². The number of rotatable bonds is 1. The number of fused-ring (bicyclic) bond motifs is 1. The van der Waals surface area contributed by atoms with E-state index in [1.165, 1.54) is 12.1 Å². The molecule has 0 amide bonds. The first-order valence-corrected chi connectivity index (χ1v) is 5.23. The maximum Gasteiger partial charge on any atom is 0.138 e. The predicted molar refractivity (Wildman–Crippen MR) is 65.9 cm³/mol. The molecule has 0 spiro atoms. The molecule has 84 valence electrons. The summed E-state index contributed by atoms with van der Waals surface area (Å²) in [5, 5.41) is 0. The minimum Gasteiger partial charge on any atom is -0.399 e. The second-order valence-corrected chi connectivity index (χ2v) is 3.87. The summed E-state index contributed by atoms with van der Waals surface area (Å²) >= 11 is 0. The van der Waals surface area contributed by atoms with E-state index in [0.29, 0.717) is 17.0 Å². The fourth-order valence-corrected chi connectivity index (χ4v) is 1.76. The number of hydrogen-bond acceptors (Lipinski definition) is 2. The third-order valence-corrected chi connectivity index (χ3v) is 2.63. The normalized spacial score (nSPS) is 10.9. The number of hydrogen-bond donors (Lipinski definition) is 2. The molecule has 0 fully saturated rings. The Bertz CT molecular complexity index is 671. The molecule has 0 radical (unpaired) electrons. The summed E-state index contributed by atoms with van der Waals surface area (Å²) in [5.74, 6) is 0.440. The van der Waals surface area contributed by atoms with Crippen molar-refractivity contribution in [3.8, 4) is 11.4 Å². The van der Waals surface area contributed by atoms with E-state index >= 15 is 0 Å². The number of nitrogens with zero attached hydrogens (tertiary/aromatic N) is 1. The molecule has 3 nitrogen and oxygen atoms in total. The molecule has 0 saturated carbocycles. The number of imidazole rings is 1. The van der Waals surface area contributed by atoms with Crippen LogP contribution in [0.2, 0.25) is 0 Å². The molecule has 0 aliphatic carbocycles. The molecule has 4 heteroatoms. The van der Waals surface area contributed by atoms with Crippen molar-refractivity contribution in [2.45, 2.75) is 0 Å². The van der Waals surface area contributed by atoms with Gasteiger partial charge in [-0.3, -0.25) is 0 Å². The number of nitrogen functional groups attached to an aromatic ring is 1. The SMILES string of the molecule is Nc1ccc(-c2nc3ccc(F)cc3[nH]2)cc1. The van der Waals surface area contributed by atoms with Gasteiger partial charge in [-0.15, -0.1) is 0 Å². The summed E-state index contributed by atoms with van der Waals surface area (Å²) in [6.07, 6.45) is 0. The highest BCUT2D eigenvalue weighted by Gasteiger charge is 2.05. The van der Waals surface area contributed by atoms with Crippen LogP contribution in [0.5, 0.6) is 0 Å². The van der Waals surface area contributed by atoms with Crippen LogP contribution in [-0.2, 0) is 0 Å². The van der Waals surface area contributed by atoms with Gasteiger partial charge in [-0.05, 0) is 42.5 Å². The monoisotopic (exact) mass is 227 g/mol. The van der Waals surface area contributed by atoms with Gasteiger partial charge in [0.1, 0.15) is 11.6 Å². The molecule has 0 aliphatic heterocycles. The van der Waals surface area contributed by atoms with Crippen LogP contribution in [0.3, 0.4) is 0 Å². The molecule has 1 aromatic heterocycles. The van der Waals surface area contributed by atoms with Gasteiger partial charge in [-0.2, -0.15) is 0 Å². The van der Waals surface area contributed by atoms with Crippen molar-refractivity contribution in [1.82, 2.24) is 9.97 Å². The molecule has 3 aromatic rings. The first-order chi connectivity index (χ1) is 8.22. The Morgan fingerprint density at radius 1 is 1.06 bits per heavy atom. The van der Waals surface area contributed by atoms with E-state index in [1.54, 1.807) is 6.07 Å². The van der Waals surface area contributed by atoms with E-state index in [-0.39, 0.29) is 5.82 Å². The Labute approximate surface area is 97.1 Å². The van der Waals surface area contributed by atoms with Crippen LogP contribution in [0.4, 0.5) is 10.1 Å². The minimum atomic E-state index is -0.273. The second-order valence-electron chi connectivity index (χ2n) is 3.87. The summed E-state index contributed by atoms with van der Waals surface area (Å²) < 4.78 is 13.0. The number of aromatic amines is 1. The van der Waals surface area contributed by atoms with Crippen LogP contribution in [0.15, 0.2) is 42.5 Å². The van der Waals surface area contributed by atoms with Gasteiger partial charge in [-0.25, -0.2) is 9.37 Å². The van der Waals surface area contributed by atoms with Crippen molar-refractivity contribution >= 4 is 16.7 Å². The summed E-state index contributed by atoms with van der Waals surface area (Å²) in [6.45, 7) is 0. The Morgan fingerprint density at radius 3 is 2.59 bits per heavy atom. The summed E-state index contributed by atoms with van der Waals surface area (Å²) in [6, 6.07) is 11.9. The quantitative estimate of drug-likeness (QED) is 0.628.